The molecule has 3 aromatic rings. The summed E-state index contributed by atoms with van der Waals surface area (Å²) in [4.78, 5) is 3.32. The molecule has 0 spiro atoms. The molecule has 0 bridgehead atoms. The topological polar surface area (TPSA) is 46.3 Å². The zero-order valence-corrected chi connectivity index (χ0v) is 16.0. The van der Waals surface area contributed by atoms with Crippen molar-refractivity contribution in [1.82, 2.24) is 10.3 Å². The van der Waals surface area contributed by atoms with Crippen LogP contribution < -0.4 is 14.8 Å². The maximum Gasteiger partial charge on any atom is 0.165 e. The van der Waals surface area contributed by atoms with Crippen molar-refractivity contribution in [3.63, 3.8) is 0 Å². The van der Waals surface area contributed by atoms with E-state index in [0.29, 0.717) is 23.9 Å². The highest BCUT2D eigenvalue weighted by atomic mass is 35.5. The van der Waals surface area contributed by atoms with Crippen molar-refractivity contribution in [2.75, 3.05) is 20.3 Å². The van der Waals surface area contributed by atoms with E-state index in [2.05, 4.69) is 41.6 Å². The Morgan fingerprint density at radius 3 is 2.81 bits per heavy atom. The van der Waals surface area contributed by atoms with Gasteiger partial charge in [0.2, 0.25) is 0 Å². The van der Waals surface area contributed by atoms with Gasteiger partial charge in [-0.15, -0.1) is 0 Å². The number of ether oxygens (including phenoxy) is 2. The molecule has 2 N–H and O–H groups in total. The molecule has 0 saturated carbocycles. The molecule has 0 fully saturated rings. The molecule has 3 rings (SSSR count). The minimum Gasteiger partial charge on any atom is -0.493 e. The van der Waals surface area contributed by atoms with Crippen molar-refractivity contribution >= 4 is 22.5 Å². The van der Waals surface area contributed by atoms with E-state index in [4.69, 9.17) is 21.1 Å². The molecule has 0 amide bonds. The first-order valence-corrected chi connectivity index (χ1v) is 9.35. The number of aromatic nitrogens is 1. The van der Waals surface area contributed by atoms with Gasteiger partial charge in [-0.25, -0.2) is 0 Å². The third-order valence-electron chi connectivity index (χ3n) is 4.33. The number of H-pyrrole nitrogens is 1. The minimum atomic E-state index is 0.652. The Morgan fingerprint density at radius 2 is 2.00 bits per heavy atom. The van der Waals surface area contributed by atoms with E-state index in [9.17, 15) is 0 Å². The normalized spacial score (nSPS) is 11.0. The number of benzene rings is 2. The van der Waals surface area contributed by atoms with E-state index in [1.165, 1.54) is 16.5 Å². The Hall–Kier alpha value is -2.17. The van der Waals surface area contributed by atoms with E-state index < -0.39 is 0 Å². The molecule has 0 aliphatic heterocycles. The van der Waals surface area contributed by atoms with Crippen molar-refractivity contribution in [2.24, 2.45) is 0 Å². The van der Waals surface area contributed by atoms with Crippen molar-refractivity contribution in [1.29, 1.82) is 0 Å². The minimum absolute atomic E-state index is 0.652. The molecule has 0 aliphatic rings. The second kappa shape index (κ2) is 8.97. The molecule has 0 unspecified atom stereocenters. The van der Waals surface area contributed by atoms with Crippen LogP contribution in [0.2, 0.25) is 5.02 Å². The summed E-state index contributed by atoms with van der Waals surface area (Å²) < 4.78 is 11.3. The first kappa shape index (κ1) is 18.6. The highest BCUT2D eigenvalue weighted by Gasteiger charge is 2.13. The quantitative estimate of drug-likeness (QED) is 0.522. The van der Waals surface area contributed by atoms with Crippen molar-refractivity contribution in [3.8, 4) is 11.5 Å². The molecule has 26 heavy (non-hydrogen) atoms. The van der Waals surface area contributed by atoms with Crippen LogP contribution in [0.15, 0.2) is 42.6 Å². The highest BCUT2D eigenvalue weighted by molar-refractivity contribution is 6.30. The van der Waals surface area contributed by atoms with Gasteiger partial charge in [-0.3, -0.25) is 0 Å². The fourth-order valence-corrected chi connectivity index (χ4v) is 3.29. The van der Waals surface area contributed by atoms with Crippen molar-refractivity contribution in [2.45, 2.75) is 26.3 Å². The van der Waals surface area contributed by atoms with E-state index in [-0.39, 0.29) is 0 Å². The lowest BCUT2D eigenvalue weighted by atomic mass is 10.1. The molecule has 4 nitrogen and oxygen atoms in total. The Morgan fingerprint density at radius 1 is 1.15 bits per heavy atom. The summed E-state index contributed by atoms with van der Waals surface area (Å²) in [6.45, 7) is 4.28. The van der Waals surface area contributed by atoms with E-state index in [1.807, 2.05) is 12.1 Å². The van der Waals surface area contributed by atoms with Crippen LogP contribution in [0.3, 0.4) is 0 Å². The number of fused-ring (bicyclic) bond motifs is 1. The van der Waals surface area contributed by atoms with Gasteiger partial charge in [0.05, 0.1) is 13.7 Å². The average Bonchev–Trinajstić information content (AvgIpc) is 3.07. The zero-order chi connectivity index (χ0) is 18.4. The lowest BCUT2D eigenvalue weighted by Gasteiger charge is -2.16. The Bertz CT molecular complexity index is 860. The Balaban J connectivity index is 1.64. The second-order valence-electron chi connectivity index (χ2n) is 6.23. The van der Waals surface area contributed by atoms with Crippen molar-refractivity contribution in [3.05, 3.63) is 58.7 Å². The second-order valence-corrected chi connectivity index (χ2v) is 6.67. The van der Waals surface area contributed by atoms with Crippen LogP contribution in [0.4, 0.5) is 0 Å². The van der Waals surface area contributed by atoms with Crippen LogP contribution in [-0.4, -0.2) is 25.2 Å². The molecule has 0 aliphatic carbocycles. The molecule has 1 aromatic heterocycles. The van der Waals surface area contributed by atoms with Gasteiger partial charge in [0.25, 0.3) is 0 Å². The predicted octanol–water partition coefficient (Wildman–Crippen LogP) is 4.95. The monoisotopic (exact) mass is 372 g/mol. The lowest BCUT2D eigenvalue weighted by Crippen LogP contribution is -2.17. The average molecular weight is 373 g/mol. The van der Waals surface area contributed by atoms with Crippen LogP contribution in [0, 0.1) is 0 Å². The summed E-state index contributed by atoms with van der Waals surface area (Å²) >= 11 is 6.23. The number of rotatable bonds is 9. The molecular formula is C21H25ClN2O2. The van der Waals surface area contributed by atoms with Gasteiger partial charge in [0.1, 0.15) is 0 Å². The highest BCUT2D eigenvalue weighted by Crippen LogP contribution is 2.34. The number of hydrogen-bond donors (Lipinski definition) is 2. The maximum absolute atomic E-state index is 6.23. The number of nitrogens with one attached hydrogen (secondary N) is 2. The van der Waals surface area contributed by atoms with Gasteiger partial charge in [-0.05, 0) is 37.1 Å². The first-order valence-electron chi connectivity index (χ1n) is 8.97. The fourth-order valence-electron chi connectivity index (χ4n) is 3.06. The lowest BCUT2D eigenvalue weighted by molar-refractivity contribution is 0.290. The Labute approximate surface area is 159 Å². The summed E-state index contributed by atoms with van der Waals surface area (Å²) in [7, 11) is 1.64. The smallest absolute Gasteiger partial charge is 0.165 e. The molecular weight excluding hydrogens is 348 g/mol. The van der Waals surface area contributed by atoms with Crippen LogP contribution in [0.5, 0.6) is 11.5 Å². The maximum atomic E-state index is 6.23. The van der Waals surface area contributed by atoms with E-state index in [1.54, 1.807) is 13.2 Å². The van der Waals surface area contributed by atoms with Gasteiger partial charge < -0.3 is 19.8 Å². The standard InChI is InChI=1S/C21H25ClN2O2/c1-3-10-26-21-16(11-17(22)12-20(21)25-2)13-23-9-8-15-14-24-19-7-5-4-6-18(15)19/h4-7,11-12,14,23-24H,3,8-10,13H2,1-2H3. The predicted molar refractivity (Wildman–Crippen MR) is 107 cm³/mol. The number of halogens is 1. The Kier molecular flexibility index (Phi) is 6.42. The third-order valence-corrected chi connectivity index (χ3v) is 4.55. The summed E-state index contributed by atoms with van der Waals surface area (Å²) in [5.74, 6) is 1.46. The summed E-state index contributed by atoms with van der Waals surface area (Å²) in [6.07, 6.45) is 3.98. The zero-order valence-electron chi connectivity index (χ0n) is 15.3. The fraction of sp³-hybridized carbons (Fsp3) is 0.333. The first-order chi connectivity index (χ1) is 12.7. The SMILES string of the molecule is CCCOc1c(CNCCc2c[nH]c3ccccc23)cc(Cl)cc1OC. The third kappa shape index (κ3) is 4.32. The van der Waals surface area contributed by atoms with E-state index in [0.717, 1.165) is 30.7 Å². The summed E-state index contributed by atoms with van der Waals surface area (Å²) in [5, 5.41) is 5.43. The van der Waals surface area contributed by atoms with Crippen molar-refractivity contribution < 1.29 is 9.47 Å². The largest absolute Gasteiger partial charge is 0.493 e. The molecule has 0 saturated heterocycles. The van der Waals surface area contributed by atoms with Gasteiger partial charge in [-0.1, -0.05) is 36.7 Å². The van der Waals surface area contributed by atoms with Gasteiger partial charge >= 0.3 is 0 Å². The summed E-state index contributed by atoms with van der Waals surface area (Å²) in [6, 6.07) is 12.1. The molecule has 0 radical (unpaired) electrons. The van der Waals surface area contributed by atoms with E-state index >= 15 is 0 Å². The molecule has 138 valence electrons. The summed E-state index contributed by atoms with van der Waals surface area (Å²) in [5.41, 5.74) is 3.51. The number of hydrogen-bond acceptors (Lipinski definition) is 3. The number of methoxy groups -OCH3 is 1. The van der Waals surface area contributed by atoms with Crippen LogP contribution in [0.25, 0.3) is 10.9 Å². The van der Waals surface area contributed by atoms with Gasteiger partial charge in [-0.2, -0.15) is 0 Å². The van der Waals surface area contributed by atoms with Crippen LogP contribution in [-0.2, 0) is 13.0 Å². The van der Waals surface area contributed by atoms with Crippen LogP contribution >= 0.6 is 11.6 Å². The molecule has 1 heterocycles. The number of para-hydroxylation sites is 1. The molecule has 0 atom stereocenters. The number of aromatic amines is 1. The molecule has 2 aromatic carbocycles. The van der Waals surface area contributed by atoms with Gasteiger partial charge in [0, 0.05) is 40.3 Å². The van der Waals surface area contributed by atoms with Crippen LogP contribution in [0.1, 0.15) is 24.5 Å². The van der Waals surface area contributed by atoms with Gasteiger partial charge in [0.15, 0.2) is 11.5 Å². The molecule has 5 heteroatoms.